The molecule has 136 valence electrons. The third-order valence-corrected chi connectivity index (χ3v) is 4.26. The predicted octanol–water partition coefficient (Wildman–Crippen LogP) is 3.94. The van der Waals surface area contributed by atoms with E-state index in [0.29, 0.717) is 13.0 Å². The van der Waals surface area contributed by atoms with Crippen LogP contribution < -0.4 is 15.4 Å². The lowest BCUT2D eigenvalue weighted by Crippen LogP contribution is -2.31. The summed E-state index contributed by atoms with van der Waals surface area (Å²) in [5.74, 6) is -0.223. The van der Waals surface area contributed by atoms with Crippen LogP contribution in [-0.4, -0.2) is 25.6 Å². The number of benzene rings is 1. The van der Waals surface area contributed by atoms with Gasteiger partial charge in [-0.25, -0.2) is 0 Å². The molecule has 1 heterocycles. The number of halogens is 3. The van der Waals surface area contributed by atoms with Gasteiger partial charge in [-0.2, -0.15) is 13.2 Å². The van der Waals surface area contributed by atoms with Crippen LogP contribution in [0, 0.1) is 0 Å². The van der Waals surface area contributed by atoms with Gasteiger partial charge in [-0.15, -0.1) is 11.3 Å². The summed E-state index contributed by atoms with van der Waals surface area (Å²) in [4.78, 5) is 12.9. The molecule has 0 aliphatic carbocycles. The summed E-state index contributed by atoms with van der Waals surface area (Å²) in [6, 6.07) is 7.53. The minimum atomic E-state index is -4.54. The average molecular weight is 372 g/mol. The first-order chi connectivity index (χ1) is 11.9. The number of ether oxygens (including phenoxy) is 1. The van der Waals surface area contributed by atoms with Crippen molar-refractivity contribution in [2.45, 2.75) is 19.5 Å². The van der Waals surface area contributed by atoms with E-state index in [2.05, 4.69) is 10.6 Å². The molecular weight excluding hydrogens is 353 g/mol. The maximum atomic E-state index is 13.2. The highest BCUT2D eigenvalue weighted by Crippen LogP contribution is 2.37. The van der Waals surface area contributed by atoms with Gasteiger partial charge in [0.25, 0.3) is 0 Å². The lowest BCUT2D eigenvalue weighted by molar-refractivity contribution is -0.137. The van der Waals surface area contributed by atoms with Crippen LogP contribution in [0.2, 0.25) is 0 Å². The van der Waals surface area contributed by atoms with Crippen molar-refractivity contribution in [3.8, 4) is 5.75 Å². The van der Waals surface area contributed by atoms with Crippen molar-refractivity contribution in [1.29, 1.82) is 0 Å². The Hall–Kier alpha value is -2.22. The van der Waals surface area contributed by atoms with Crippen molar-refractivity contribution < 1.29 is 22.7 Å². The number of nitrogens with one attached hydrogen (secondary N) is 2. The lowest BCUT2D eigenvalue weighted by atomic mass is 10.1. The van der Waals surface area contributed by atoms with Crippen LogP contribution in [0.5, 0.6) is 5.75 Å². The highest BCUT2D eigenvalue weighted by Gasteiger charge is 2.34. The molecule has 0 bridgehead atoms. The number of rotatable bonds is 8. The zero-order chi connectivity index (χ0) is 18.3. The fourth-order valence-electron chi connectivity index (χ4n) is 2.19. The molecule has 8 heteroatoms. The third-order valence-electron chi connectivity index (χ3n) is 3.32. The molecule has 4 nitrogen and oxygen atoms in total. The van der Waals surface area contributed by atoms with E-state index in [4.69, 9.17) is 4.74 Å². The number of hydrogen-bond donors (Lipinski definition) is 2. The van der Waals surface area contributed by atoms with Crippen molar-refractivity contribution in [3.05, 3.63) is 46.2 Å². The zero-order valence-corrected chi connectivity index (χ0v) is 14.5. The van der Waals surface area contributed by atoms with Gasteiger partial charge >= 0.3 is 6.18 Å². The zero-order valence-electron chi connectivity index (χ0n) is 13.7. The molecule has 2 N–H and O–H groups in total. The molecule has 1 amide bonds. The number of thiophene rings is 1. The second-order valence-electron chi connectivity index (χ2n) is 5.17. The van der Waals surface area contributed by atoms with Gasteiger partial charge in [0, 0.05) is 17.1 Å². The first-order valence-electron chi connectivity index (χ1n) is 7.77. The second-order valence-corrected chi connectivity index (χ2v) is 6.20. The van der Waals surface area contributed by atoms with Gasteiger partial charge in [0.15, 0.2) is 0 Å². The normalized spacial score (nSPS) is 11.2. The molecule has 0 aliphatic heterocycles. The molecule has 0 fully saturated rings. The number of carbonyl (C=O) groups is 1. The van der Waals surface area contributed by atoms with Gasteiger partial charge < -0.3 is 15.4 Å². The summed E-state index contributed by atoms with van der Waals surface area (Å²) in [5.41, 5.74) is -1.01. The Bertz CT molecular complexity index is 688. The van der Waals surface area contributed by atoms with E-state index < -0.39 is 11.7 Å². The maximum Gasteiger partial charge on any atom is 0.418 e. The standard InChI is InChI=1S/C17H19F3N2O2S/c1-2-24-12-5-6-15(14(10-12)17(18,19)20)22-11-16(23)21-8-7-13-4-3-9-25-13/h3-6,9-10,22H,2,7-8,11H2,1H3,(H,21,23). The van der Waals surface area contributed by atoms with E-state index in [1.54, 1.807) is 18.3 Å². The minimum absolute atomic E-state index is 0.140. The molecule has 1 aromatic heterocycles. The fraction of sp³-hybridized carbons (Fsp3) is 0.353. The van der Waals surface area contributed by atoms with Gasteiger partial charge in [0.2, 0.25) is 5.91 Å². The van der Waals surface area contributed by atoms with Gasteiger partial charge in [-0.3, -0.25) is 4.79 Å². The smallest absolute Gasteiger partial charge is 0.418 e. The molecule has 0 aliphatic rings. The summed E-state index contributed by atoms with van der Waals surface area (Å²) >= 11 is 1.59. The van der Waals surface area contributed by atoms with E-state index in [0.717, 1.165) is 10.9 Å². The predicted molar refractivity (Wildman–Crippen MR) is 92.1 cm³/mol. The maximum absolute atomic E-state index is 13.2. The number of hydrogen-bond acceptors (Lipinski definition) is 4. The number of carbonyl (C=O) groups excluding carboxylic acids is 1. The molecular formula is C17H19F3N2O2S. The van der Waals surface area contributed by atoms with Crippen LogP contribution in [0.1, 0.15) is 17.4 Å². The monoisotopic (exact) mass is 372 g/mol. The highest BCUT2D eigenvalue weighted by molar-refractivity contribution is 7.09. The van der Waals surface area contributed by atoms with Crippen LogP contribution >= 0.6 is 11.3 Å². The van der Waals surface area contributed by atoms with E-state index >= 15 is 0 Å². The topological polar surface area (TPSA) is 50.4 Å². The van der Waals surface area contributed by atoms with Crippen LogP contribution in [0.25, 0.3) is 0 Å². The summed E-state index contributed by atoms with van der Waals surface area (Å²) in [7, 11) is 0. The van der Waals surface area contributed by atoms with Crippen molar-refractivity contribution in [2.75, 3.05) is 25.0 Å². The highest BCUT2D eigenvalue weighted by atomic mass is 32.1. The van der Waals surface area contributed by atoms with Gasteiger partial charge in [-0.1, -0.05) is 6.07 Å². The molecule has 0 saturated heterocycles. The van der Waals surface area contributed by atoms with E-state index in [9.17, 15) is 18.0 Å². The number of alkyl halides is 3. The molecule has 0 spiro atoms. The molecule has 2 aromatic rings. The van der Waals surface area contributed by atoms with Crippen LogP contribution in [0.15, 0.2) is 35.7 Å². The number of amides is 1. The summed E-state index contributed by atoms with van der Waals surface area (Å²) < 4.78 is 44.6. The SMILES string of the molecule is CCOc1ccc(NCC(=O)NCCc2cccs2)c(C(F)(F)F)c1. The van der Waals surface area contributed by atoms with Gasteiger partial charge in [-0.05, 0) is 43.0 Å². The van der Waals surface area contributed by atoms with E-state index in [1.165, 1.54) is 12.1 Å². The second kappa shape index (κ2) is 8.75. The molecule has 2 rings (SSSR count). The van der Waals surface area contributed by atoms with Gasteiger partial charge in [0.1, 0.15) is 5.75 Å². The Morgan fingerprint density at radius 2 is 2.08 bits per heavy atom. The van der Waals surface area contributed by atoms with E-state index in [1.807, 2.05) is 17.5 Å². The lowest BCUT2D eigenvalue weighted by Gasteiger charge is -2.16. The van der Waals surface area contributed by atoms with Crippen molar-refractivity contribution >= 4 is 22.9 Å². The Kier molecular flexibility index (Phi) is 6.69. The first kappa shape index (κ1) is 19.1. The van der Waals surface area contributed by atoms with E-state index in [-0.39, 0.29) is 30.5 Å². The van der Waals surface area contributed by atoms with Crippen molar-refractivity contribution in [3.63, 3.8) is 0 Å². The molecule has 25 heavy (non-hydrogen) atoms. The number of anilines is 1. The van der Waals surface area contributed by atoms with Crippen LogP contribution in [-0.2, 0) is 17.4 Å². The summed E-state index contributed by atoms with van der Waals surface area (Å²) in [6.07, 6.45) is -3.84. The van der Waals surface area contributed by atoms with Crippen molar-refractivity contribution in [1.82, 2.24) is 5.32 Å². The molecule has 0 radical (unpaired) electrons. The molecule has 0 atom stereocenters. The fourth-order valence-corrected chi connectivity index (χ4v) is 2.90. The largest absolute Gasteiger partial charge is 0.494 e. The van der Waals surface area contributed by atoms with Gasteiger partial charge in [0.05, 0.1) is 18.7 Å². The summed E-state index contributed by atoms with van der Waals surface area (Å²) in [6.45, 7) is 2.18. The average Bonchev–Trinajstić information content (AvgIpc) is 3.06. The Balaban J connectivity index is 1.91. The molecule has 0 unspecified atom stereocenters. The molecule has 1 aromatic carbocycles. The first-order valence-corrected chi connectivity index (χ1v) is 8.65. The van der Waals surface area contributed by atoms with Crippen LogP contribution in [0.3, 0.4) is 0 Å². The third kappa shape index (κ3) is 5.97. The van der Waals surface area contributed by atoms with Crippen LogP contribution in [0.4, 0.5) is 18.9 Å². The Morgan fingerprint density at radius 1 is 1.28 bits per heavy atom. The van der Waals surface area contributed by atoms with Crippen molar-refractivity contribution in [2.24, 2.45) is 0 Å². The Morgan fingerprint density at radius 3 is 2.72 bits per heavy atom. The Labute approximate surface area is 148 Å². The quantitative estimate of drug-likeness (QED) is 0.738. The minimum Gasteiger partial charge on any atom is -0.494 e. The molecule has 0 saturated carbocycles. The summed E-state index contributed by atoms with van der Waals surface area (Å²) in [5, 5.41) is 7.18.